The monoisotopic (exact) mass is 287 g/mol. The van der Waals surface area contributed by atoms with E-state index in [9.17, 15) is 4.79 Å². The van der Waals surface area contributed by atoms with Gasteiger partial charge in [-0.05, 0) is 31.9 Å². The van der Waals surface area contributed by atoms with E-state index in [1.165, 1.54) is 12.8 Å². The topological polar surface area (TPSA) is 46.8 Å². The van der Waals surface area contributed by atoms with Crippen LogP contribution in [0.1, 0.15) is 24.2 Å². The summed E-state index contributed by atoms with van der Waals surface area (Å²) in [5, 5.41) is 0. The Morgan fingerprint density at radius 3 is 2.95 bits per heavy atom. The van der Waals surface area contributed by atoms with Crippen LogP contribution in [0.2, 0.25) is 0 Å². The second-order valence-electron chi connectivity index (χ2n) is 5.64. The number of methoxy groups -OCH3 is 1. The predicted octanol–water partition coefficient (Wildman–Crippen LogP) is 1.61. The summed E-state index contributed by atoms with van der Waals surface area (Å²) < 4.78 is 6.82. The van der Waals surface area contributed by atoms with E-state index in [-0.39, 0.29) is 5.56 Å². The minimum atomic E-state index is -0.00408. The predicted molar refractivity (Wildman–Crippen MR) is 81.5 cm³/mol. The Labute approximate surface area is 124 Å². The number of fused-ring (bicyclic) bond motifs is 1. The Balaban J connectivity index is 1.88. The van der Waals surface area contributed by atoms with Crippen LogP contribution >= 0.6 is 0 Å². The molecule has 2 aromatic rings. The first-order valence-electron chi connectivity index (χ1n) is 7.40. The molecule has 0 amide bonds. The van der Waals surface area contributed by atoms with Gasteiger partial charge in [0.15, 0.2) is 0 Å². The highest BCUT2D eigenvalue weighted by atomic mass is 16.5. The molecule has 0 N–H and O–H groups in total. The van der Waals surface area contributed by atoms with Crippen molar-refractivity contribution in [1.29, 1.82) is 0 Å². The fourth-order valence-corrected chi connectivity index (χ4v) is 2.69. The summed E-state index contributed by atoms with van der Waals surface area (Å²) >= 11 is 0. The van der Waals surface area contributed by atoms with Crippen molar-refractivity contribution in [3.8, 4) is 0 Å². The summed E-state index contributed by atoms with van der Waals surface area (Å²) in [6, 6.07) is 8.02. The minimum absolute atomic E-state index is 0.00408. The van der Waals surface area contributed by atoms with Crippen LogP contribution in [0.25, 0.3) is 5.65 Å². The Kier molecular flexibility index (Phi) is 4.03. The van der Waals surface area contributed by atoms with Gasteiger partial charge in [-0.15, -0.1) is 0 Å². The molecule has 0 unspecified atom stereocenters. The molecule has 2 aromatic heterocycles. The van der Waals surface area contributed by atoms with Gasteiger partial charge in [-0.2, -0.15) is 0 Å². The molecule has 0 atom stereocenters. The van der Waals surface area contributed by atoms with Crippen LogP contribution in [0, 0.1) is 6.92 Å². The average molecular weight is 287 g/mol. The van der Waals surface area contributed by atoms with Gasteiger partial charge < -0.3 is 4.74 Å². The Hall–Kier alpha value is -1.72. The maximum Gasteiger partial charge on any atom is 0.258 e. The van der Waals surface area contributed by atoms with Gasteiger partial charge in [0.1, 0.15) is 5.65 Å². The molecule has 0 bridgehead atoms. The van der Waals surface area contributed by atoms with Crippen LogP contribution in [-0.4, -0.2) is 40.6 Å². The van der Waals surface area contributed by atoms with Gasteiger partial charge >= 0.3 is 0 Å². The lowest BCUT2D eigenvalue weighted by molar-refractivity contribution is 0.139. The summed E-state index contributed by atoms with van der Waals surface area (Å²) in [5.74, 6) is 0. The number of aromatic nitrogens is 2. The zero-order valence-corrected chi connectivity index (χ0v) is 12.6. The lowest BCUT2D eigenvalue weighted by Gasteiger charge is -2.21. The molecule has 5 nitrogen and oxygen atoms in total. The van der Waals surface area contributed by atoms with Crippen molar-refractivity contribution in [1.82, 2.24) is 14.3 Å². The quantitative estimate of drug-likeness (QED) is 0.810. The average Bonchev–Trinajstić information content (AvgIpc) is 3.27. The van der Waals surface area contributed by atoms with E-state index in [2.05, 4.69) is 9.88 Å². The van der Waals surface area contributed by atoms with Crippen molar-refractivity contribution < 1.29 is 4.74 Å². The SMILES string of the molecule is COCCN(Cc1cc(=O)n2c(C)cccc2n1)C1CC1. The second kappa shape index (κ2) is 5.95. The third-order valence-corrected chi connectivity index (χ3v) is 3.94. The molecule has 5 heteroatoms. The van der Waals surface area contributed by atoms with Crippen molar-refractivity contribution in [2.24, 2.45) is 0 Å². The molecule has 1 fully saturated rings. The normalized spacial score (nSPS) is 15.0. The molecule has 1 aliphatic carbocycles. The largest absolute Gasteiger partial charge is 0.383 e. The maximum atomic E-state index is 12.3. The molecule has 21 heavy (non-hydrogen) atoms. The molecule has 0 spiro atoms. The summed E-state index contributed by atoms with van der Waals surface area (Å²) in [7, 11) is 1.72. The van der Waals surface area contributed by atoms with E-state index < -0.39 is 0 Å². The molecule has 1 saturated carbocycles. The zero-order valence-electron chi connectivity index (χ0n) is 12.6. The van der Waals surface area contributed by atoms with Crippen LogP contribution in [0.3, 0.4) is 0 Å². The number of aryl methyl sites for hydroxylation is 1. The fourth-order valence-electron chi connectivity index (χ4n) is 2.69. The third kappa shape index (κ3) is 3.14. The maximum absolute atomic E-state index is 12.3. The highest BCUT2D eigenvalue weighted by Crippen LogP contribution is 2.27. The number of pyridine rings is 1. The summed E-state index contributed by atoms with van der Waals surface area (Å²) in [4.78, 5) is 19.3. The third-order valence-electron chi connectivity index (χ3n) is 3.94. The summed E-state index contributed by atoms with van der Waals surface area (Å²) in [5.41, 5.74) is 2.47. The lowest BCUT2D eigenvalue weighted by atomic mass is 10.3. The second-order valence-corrected chi connectivity index (χ2v) is 5.64. The van der Waals surface area contributed by atoms with Crippen LogP contribution in [0.4, 0.5) is 0 Å². The molecule has 0 aliphatic heterocycles. The molecule has 0 saturated heterocycles. The lowest BCUT2D eigenvalue weighted by Crippen LogP contribution is -2.30. The van der Waals surface area contributed by atoms with E-state index in [1.54, 1.807) is 17.6 Å². The van der Waals surface area contributed by atoms with Gasteiger partial charge in [0, 0.05) is 38.0 Å². The standard InChI is InChI=1S/C16H21N3O2/c1-12-4-3-5-15-17-13(10-16(20)19(12)15)11-18(8-9-21-2)14-6-7-14/h3-5,10,14H,6-9,11H2,1-2H3. The van der Waals surface area contributed by atoms with Crippen LogP contribution in [-0.2, 0) is 11.3 Å². The first-order chi connectivity index (χ1) is 10.2. The molecular formula is C16H21N3O2. The van der Waals surface area contributed by atoms with Crippen molar-refractivity contribution >= 4 is 5.65 Å². The van der Waals surface area contributed by atoms with Crippen LogP contribution < -0.4 is 5.56 Å². The van der Waals surface area contributed by atoms with Gasteiger partial charge in [0.2, 0.25) is 0 Å². The van der Waals surface area contributed by atoms with Gasteiger partial charge in [-0.25, -0.2) is 4.98 Å². The van der Waals surface area contributed by atoms with Crippen molar-refractivity contribution in [2.45, 2.75) is 32.4 Å². The smallest absolute Gasteiger partial charge is 0.258 e. The molecule has 3 rings (SSSR count). The molecule has 112 valence electrons. The number of rotatable bonds is 6. The van der Waals surface area contributed by atoms with E-state index in [4.69, 9.17) is 4.74 Å². The Morgan fingerprint density at radius 1 is 1.43 bits per heavy atom. The molecular weight excluding hydrogens is 266 g/mol. The zero-order chi connectivity index (χ0) is 14.8. The first kappa shape index (κ1) is 14.2. The van der Waals surface area contributed by atoms with Crippen molar-refractivity contribution in [3.05, 3.63) is 46.0 Å². The van der Waals surface area contributed by atoms with Gasteiger partial charge in [-0.3, -0.25) is 14.1 Å². The number of nitrogens with zero attached hydrogens (tertiary/aromatic N) is 3. The molecule has 2 heterocycles. The minimum Gasteiger partial charge on any atom is -0.383 e. The fraction of sp³-hybridized carbons (Fsp3) is 0.500. The number of ether oxygens (including phenoxy) is 1. The number of hydrogen-bond acceptors (Lipinski definition) is 4. The van der Waals surface area contributed by atoms with Gasteiger partial charge in [0.05, 0.1) is 12.3 Å². The van der Waals surface area contributed by atoms with Crippen molar-refractivity contribution in [2.75, 3.05) is 20.3 Å². The first-order valence-corrected chi connectivity index (χ1v) is 7.40. The Bertz CT molecular complexity index is 691. The highest BCUT2D eigenvalue weighted by molar-refractivity contribution is 5.40. The van der Waals surface area contributed by atoms with E-state index in [0.717, 1.165) is 23.6 Å². The van der Waals surface area contributed by atoms with Gasteiger partial charge in [-0.1, -0.05) is 6.07 Å². The molecule has 1 aliphatic rings. The molecule has 0 aromatic carbocycles. The van der Waals surface area contributed by atoms with E-state index in [1.807, 2.05) is 25.1 Å². The van der Waals surface area contributed by atoms with Crippen LogP contribution in [0.5, 0.6) is 0 Å². The highest BCUT2D eigenvalue weighted by Gasteiger charge is 2.29. The molecule has 0 radical (unpaired) electrons. The summed E-state index contributed by atoms with van der Waals surface area (Å²) in [6.07, 6.45) is 2.46. The van der Waals surface area contributed by atoms with Crippen molar-refractivity contribution in [3.63, 3.8) is 0 Å². The van der Waals surface area contributed by atoms with Gasteiger partial charge in [0.25, 0.3) is 5.56 Å². The summed E-state index contributed by atoms with van der Waals surface area (Å²) in [6.45, 7) is 4.23. The number of hydrogen-bond donors (Lipinski definition) is 0. The van der Waals surface area contributed by atoms with E-state index >= 15 is 0 Å². The van der Waals surface area contributed by atoms with E-state index in [0.29, 0.717) is 19.2 Å². The van der Waals surface area contributed by atoms with Crippen LogP contribution in [0.15, 0.2) is 29.1 Å². The Morgan fingerprint density at radius 2 is 2.24 bits per heavy atom.